The van der Waals surface area contributed by atoms with Crippen LogP contribution in [0.1, 0.15) is 57.4 Å². The number of phenolic OH excluding ortho intramolecular Hbond substituents is 1. The number of nitrogens with zero attached hydrogens (tertiary/aromatic N) is 5. The Bertz CT molecular complexity index is 1840. The van der Waals surface area contributed by atoms with Crippen LogP contribution in [0.15, 0.2) is 24.3 Å². The lowest BCUT2D eigenvalue weighted by Gasteiger charge is -2.38. The second-order valence-electron chi connectivity index (χ2n) is 13.1. The average Bonchev–Trinajstić information content (AvgIpc) is 3.56. The summed E-state index contributed by atoms with van der Waals surface area (Å²) in [6, 6.07) is 6.00. The molecule has 0 spiro atoms. The van der Waals surface area contributed by atoms with Gasteiger partial charge in [0.2, 0.25) is 5.88 Å². The minimum atomic E-state index is -0.911. The van der Waals surface area contributed by atoms with Gasteiger partial charge in [-0.3, -0.25) is 4.90 Å². The Balaban J connectivity index is 1.34. The van der Waals surface area contributed by atoms with Gasteiger partial charge in [-0.25, -0.2) is 18.2 Å². The van der Waals surface area contributed by atoms with Gasteiger partial charge >= 0.3 is 6.01 Å². The summed E-state index contributed by atoms with van der Waals surface area (Å²) in [6.07, 6.45) is 4.98. The predicted octanol–water partition coefficient (Wildman–Crippen LogP) is 6.49. The van der Waals surface area contributed by atoms with Crippen LogP contribution in [0.4, 0.5) is 19.0 Å². The SMILES string of the molecule is CCc1c(F)ccc2cc(O)cc(-c3nc4c5c(nc(OC[C@@]67CCCN6C[C@H](F)C7)nc5c3F)N(C)C3CCCC(C3)O4)c12. The second kappa shape index (κ2) is 10.6. The molecule has 3 fully saturated rings. The fourth-order valence-electron chi connectivity index (χ4n) is 8.28. The lowest BCUT2D eigenvalue weighted by atomic mass is 9.91. The molecule has 45 heavy (non-hydrogen) atoms. The first-order valence-electron chi connectivity index (χ1n) is 16.0. The van der Waals surface area contributed by atoms with Crippen LogP contribution in [0.3, 0.4) is 0 Å². The van der Waals surface area contributed by atoms with E-state index in [2.05, 4.69) is 14.8 Å². The number of hydrogen-bond donors (Lipinski definition) is 1. The molecule has 3 aliphatic heterocycles. The molecule has 11 heteroatoms. The predicted molar refractivity (Wildman–Crippen MR) is 165 cm³/mol. The van der Waals surface area contributed by atoms with Crippen molar-refractivity contribution in [3.8, 4) is 28.9 Å². The van der Waals surface area contributed by atoms with Crippen molar-refractivity contribution in [2.75, 3.05) is 31.6 Å². The van der Waals surface area contributed by atoms with Crippen molar-refractivity contribution in [3.05, 3.63) is 41.5 Å². The number of alkyl halides is 1. The minimum absolute atomic E-state index is 0.00359. The first kappa shape index (κ1) is 28.6. The second-order valence-corrected chi connectivity index (χ2v) is 13.1. The fraction of sp³-hybridized carbons (Fsp3) is 0.500. The van der Waals surface area contributed by atoms with Crippen molar-refractivity contribution >= 4 is 27.5 Å². The first-order valence-corrected chi connectivity index (χ1v) is 16.0. The quantitative estimate of drug-likeness (QED) is 0.272. The van der Waals surface area contributed by atoms with Crippen molar-refractivity contribution in [3.63, 3.8) is 0 Å². The van der Waals surface area contributed by atoms with Gasteiger partial charge in [-0.05, 0) is 79.6 Å². The summed E-state index contributed by atoms with van der Waals surface area (Å²) in [4.78, 5) is 18.4. The summed E-state index contributed by atoms with van der Waals surface area (Å²) < 4.78 is 59.3. The van der Waals surface area contributed by atoms with Crippen molar-refractivity contribution in [2.45, 2.75) is 82.1 Å². The number of rotatable bonds is 5. The molecule has 1 N–H and O–H groups in total. The van der Waals surface area contributed by atoms with E-state index in [1.54, 1.807) is 6.07 Å². The topological polar surface area (TPSA) is 83.8 Å². The number of benzene rings is 2. The van der Waals surface area contributed by atoms with E-state index in [1.807, 2.05) is 14.0 Å². The highest BCUT2D eigenvalue weighted by molar-refractivity contribution is 6.03. The number of fused-ring (bicyclic) bond motifs is 4. The van der Waals surface area contributed by atoms with Gasteiger partial charge in [0.25, 0.3) is 0 Å². The maximum absolute atomic E-state index is 17.0. The van der Waals surface area contributed by atoms with E-state index in [-0.39, 0.29) is 53.2 Å². The number of aromatic hydroxyl groups is 1. The normalized spacial score (nSPS) is 26.2. The maximum Gasteiger partial charge on any atom is 0.319 e. The zero-order valence-corrected chi connectivity index (χ0v) is 25.5. The molecule has 4 atom stereocenters. The van der Waals surface area contributed by atoms with Gasteiger partial charge in [-0.1, -0.05) is 13.0 Å². The third-order valence-electron chi connectivity index (χ3n) is 10.5. The summed E-state index contributed by atoms with van der Waals surface area (Å²) >= 11 is 0. The molecule has 2 aromatic carbocycles. The molecule has 0 radical (unpaired) electrons. The molecule has 1 aliphatic carbocycles. The molecule has 4 aliphatic rings. The standard InChI is InChI=1S/C34H36F3N5O3/c1-3-23-25(36)9-8-18-12-21(43)14-24(26(18)23)29-28(37)30-27-31(41(2)20-6-4-7-22(13-20)45-32(27)38-29)40-33(39-30)44-17-34-10-5-11-42(34)16-19(35)15-34/h8-9,12,14,19-20,22,43H,3-7,10-11,13,15-17H2,1-2H3/t19-,20?,22?,34+/m1/s1. The summed E-state index contributed by atoms with van der Waals surface area (Å²) in [5.74, 6) is -0.593. The van der Waals surface area contributed by atoms with E-state index in [0.29, 0.717) is 46.9 Å². The van der Waals surface area contributed by atoms with Crippen LogP contribution >= 0.6 is 0 Å². The van der Waals surface area contributed by atoms with Crippen molar-refractivity contribution in [2.24, 2.45) is 0 Å². The molecule has 8 rings (SSSR count). The summed E-state index contributed by atoms with van der Waals surface area (Å²) in [6.45, 7) is 3.24. The lowest BCUT2D eigenvalue weighted by molar-refractivity contribution is 0.107. The molecule has 2 aromatic heterocycles. The van der Waals surface area contributed by atoms with Gasteiger partial charge in [-0.15, -0.1) is 0 Å². The van der Waals surface area contributed by atoms with Crippen molar-refractivity contribution < 1.29 is 27.8 Å². The summed E-state index contributed by atoms with van der Waals surface area (Å²) in [5, 5.41) is 12.1. The zero-order chi connectivity index (χ0) is 31.0. The average molecular weight is 620 g/mol. The third kappa shape index (κ3) is 4.56. The van der Waals surface area contributed by atoms with Gasteiger partial charge in [0.15, 0.2) is 5.82 Å². The fourth-order valence-corrected chi connectivity index (χ4v) is 8.28. The smallest absolute Gasteiger partial charge is 0.319 e. The highest BCUT2D eigenvalue weighted by atomic mass is 19.1. The number of phenols is 1. The number of ether oxygens (including phenoxy) is 2. The molecule has 4 aromatic rings. The zero-order valence-electron chi connectivity index (χ0n) is 25.5. The number of anilines is 1. The first-order chi connectivity index (χ1) is 21.7. The van der Waals surface area contributed by atoms with Crippen LogP contribution in [0.2, 0.25) is 0 Å². The highest BCUT2D eigenvalue weighted by Gasteiger charge is 2.49. The molecule has 0 amide bonds. The molecule has 2 bridgehead atoms. The number of pyridine rings is 1. The minimum Gasteiger partial charge on any atom is -0.508 e. The van der Waals surface area contributed by atoms with Gasteiger partial charge in [0.05, 0.1) is 5.54 Å². The lowest BCUT2D eigenvalue weighted by Crippen LogP contribution is -2.44. The van der Waals surface area contributed by atoms with Crippen LogP contribution in [-0.2, 0) is 6.42 Å². The van der Waals surface area contributed by atoms with Gasteiger partial charge in [-0.2, -0.15) is 9.97 Å². The molecule has 8 nitrogen and oxygen atoms in total. The van der Waals surface area contributed by atoms with Crippen LogP contribution in [0.5, 0.6) is 17.6 Å². The number of aromatic nitrogens is 3. The van der Waals surface area contributed by atoms with Crippen LogP contribution < -0.4 is 14.4 Å². The van der Waals surface area contributed by atoms with Crippen LogP contribution in [-0.4, -0.2) is 75.6 Å². The van der Waals surface area contributed by atoms with E-state index in [1.165, 1.54) is 18.2 Å². The van der Waals surface area contributed by atoms with Crippen LogP contribution in [0.25, 0.3) is 32.9 Å². The van der Waals surface area contributed by atoms with Crippen molar-refractivity contribution in [1.82, 2.24) is 19.9 Å². The monoisotopic (exact) mass is 619 g/mol. The Morgan fingerprint density at radius 2 is 1.98 bits per heavy atom. The largest absolute Gasteiger partial charge is 0.508 e. The maximum atomic E-state index is 17.0. The Kier molecular flexibility index (Phi) is 6.74. The Hall–Kier alpha value is -3.86. The van der Waals surface area contributed by atoms with Gasteiger partial charge in [0, 0.05) is 38.0 Å². The third-order valence-corrected chi connectivity index (χ3v) is 10.5. The van der Waals surface area contributed by atoms with Crippen molar-refractivity contribution in [1.29, 1.82) is 0 Å². The molecule has 1 saturated carbocycles. The summed E-state index contributed by atoms with van der Waals surface area (Å²) in [5.41, 5.74) is 0.103. The van der Waals surface area contributed by atoms with E-state index < -0.39 is 23.3 Å². The van der Waals surface area contributed by atoms with E-state index in [0.717, 1.165) is 45.1 Å². The number of halogens is 3. The Labute approximate surface area is 259 Å². The molecule has 2 saturated heterocycles. The Morgan fingerprint density at radius 3 is 2.82 bits per heavy atom. The molecule has 2 unspecified atom stereocenters. The van der Waals surface area contributed by atoms with Gasteiger partial charge in [0.1, 0.15) is 52.9 Å². The number of aryl methyl sites for hydroxylation is 1. The molecular weight excluding hydrogens is 583 g/mol. The van der Waals surface area contributed by atoms with Crippen LogP contribution in [0, 0.1) is 11.6 Å². The summed E-state index contributed by atoms with van der Waals surface area (Å²) in [7, 11) is 1.95. The highest BCUT2D eigenvalue weighted by Crippen LogP contribution is 2.45. The van der Waals surface area contributed by atoms with E-state index in [4.69, 9.17) is 19.4 Å². The van der Waals surface area contributed by atoms with E-state index in [9.17, 15) is 9.50 Å². The molecular formula is C34H36F3N5O3. The number of hydrogen-bond acceptors (Lipinski definition) is 8. The molecule has 236 valence electrons. The molecule has 5 heterocycles. The Morgan fingerprint density at radius 1 is 1.11 bits per heavy atom. The van der Waals surface area contributed by atoms with E-state index >= 15 is 8.78 Å². The van der Waals surface area contributed by atoms with Gasteiger partial charge < -0.3 is 19.5 Å².